The fourth-order valence-corrected chi connectivity index (χ4v) is 2.73. The lowest BCUT2D eigenvalue weighted by molar-refractivity contribution is 0.180. The molecular weight excluding hydrogens is 264 g/mol. The SMILES string of the molecule is CCOc1ccc(OCCN(C)C2CCCNCC2)cc1. The van der Waals surface area contributed by atoms with Crippen molar-refractivity contribution in [2.45, 2.75) is 32.2 Å². The number of likely N-dealkylation sites (N-methyl/N-ethyl adjacent to an activating group) is 1. The molecule has 21 heavy (non-hydrogen) atoms. The van der Waals surface area contributed by atoms with Crippen molar-refractivity contribution in [1.82, 2.24) is 10.2 Å². The fourth-order valence-electron chi connectivity index (χ4n) is 2.73. The third-order valence-corrected chi connectivity index (χ3v) is 4.02. The molecule has 1 aromatic rings. The van der Waals surface area contributed by atoms with Crippen molar-refractivity contribution in [1.29, 1.82) is 0 Å². The van der Waals surface area contributed by atoms with Gasteiger partial charge in [-0.1, -0.05) is 0 Å². The van der Waals surface area contributed by atoms with E-state index < -0.39 is 0 Å². The Morgan fingerprint density at radius 2 is 1.81 bits per heavy atom. The molecule has 2 rings (SSSR count). The summed E-state index contributed by atoms with van der Waals surface area (Å²) in [7, 11) is 2.21. The molecule has 1 atom stereocenters. The largest absolute Gasteiger partial charge is 0.494 e. The lowest BCUT2D eigenvalue weighted by Crippen LogP contribution is -2.35. The maximum absolute atomic E-state index is 5.82. The van der Waals surface area contributed by atoms with Gasteiger partial charge in [0.25, 0.3) is 0 Å². The molecule has 1 aliphatic heterocycles. The molecule has 0 saturated carbocycles. The first kappa shape index (κ1) is 16.1. The molecule has 0 spiro atoms. The molecule has 0 bridgehead atoms. The summed E-state index contributed by atoms with van der Waals surface area (Å²) in [6, 6.07) is 8.55. The van der Waals surface area contributed by atoms with Crippen molar-refractivity contribution < 1.29 is 9.47 Å². The Hall–Kier alpha value is -1.26. The highest BCUT2D eigenvalue weighted by atomic mass is 16.5. The van der Waals surface area contributed by atoms with E-state index in [9.17, 15) is 0 Å². The van der Waals surface area contributed by atoms with Gasteiger partial charge in [-0.3, -0.25) is 4.90 Å². The van der Waals surface area contributed by atoms with Crippen molar-refractivity contribution in [3.8, 4) is 11.5 Å². The summed E-state index contributed by atoms with van der Waals surface area (Å²) in [6.07, 6.45) is 3.79. The van der Waals surface area contributed by atoms with Crippen molar-refractivity contribution in [3.05, 3.63) is 24.3 Å². The second-order valence-electron chi connectivity index (χ2n) is 5.57. The zero-order valence-electron chi connectivity index (χ0n) is 13.3. The normalized spacial score (nSPS) is 19.3. The predicted molar refractivity (Wildman–Crippen MR) is 86.2 cm³/mol. The molecular formula is C17H28N2O2. The molecule has 1 saturated heterocycles. The van der Waals surface area contributed by atoms with E-state index >= 15 is 0 Å². The van der Waals surface area contributed by atoms with Crippen LogP contribution in [0.3, 0.4) is 0 Å². The van der Waals surface area contributed by atoms with Gasteiger partial charge in [0.1, 0.15) is 18.1 Å². The summed E-state index contributed by atoms with van der Waals surface area (Å²) >= 11 is 0. The monoisotopic (exact) mass is 292 g/mol. The van der Waals surface area contributed by atoms with Crippen LogP contribution in [-0.2, 0) is 0 Å². The molecule has 4 heteroatoms. The average Bonchev–Trinajstić information content (AvgIpc) is 2.78. The van der Waals surface area contributed by atoms with Gasteiger partial charge in [-0.2, -0.15) is 0 Å². The minimum atomic E-state index is 0.684. The van der Waals surface area contributed by atoms with Gasteiger partial charge in [-0.15, -0.1) is 0 Å². The fraction of sp³-hybridized carbons (Fsp3) is 0.647. The topological polar surface area (TPSA) is 33.7 Å². The van der Waals surface area contributed by atoms with Crippen LogP contribution in [0, 0.1) is 0 Å². The smallest absolute Gasteiger partial charge is 0.119 e. The zero-order valence-corrected chi connectivity index (χ0v) is 13.3. The molecule has 118 valence electrons. The van der Waals surface area contributed by atoms with E-state index in [0.29, 0.717) is 12.6 Å². The van der Waals surface area contributed by atoms with Gasteiger partial charge in [0.05, 0.1) is 6.61 Å². The number of ether oxygens (including phenoxy) is 2. The quantitative estimate of drug-likeness (QED) is 0.837. The van der Waals surface area contributed by atoms with Crippen LogP contribution in [-0.4, -0.2) is 50.8 Å². The molecule has 0 amide bonds. The third-order valence-electron chi connectivity index (χ3n) is 4.02. The van der Waals surface area contributed by atoms with E-state index in [2.05, 4.69) is 17.3 Å². The van der Waals surface area contributed by atoms with Crippen LogP contribution < -0.4 is 14.8 Å². The van der Waals surface area contributed by atoms with E-state index in [1.807, 2.05) is 31.2 Å². The number of nitrogens with zero attached hydrogens (tertiary/aromatic N) is 1. The van der Waals surface area contributed by atoms with Crippen LogP contribution in [0.2, 0.25) is 0 Å². The van der Waals surface area contributed by atoms with E-state index in [0.717, 1.165) is 37.7 Å². The minimum Gasteiger partial charge on any atom is -0.494 e. The van der Waals surface area contributed by atoms with Crippen LogP contribution in [0.25, 0.3) is 0 Å². The van der Waals surface area contributed by atoms with Gasteiger partial charge in [0.15, 0.2) is 0 Å². The molecule has 4 nitrogen and oxygen atoms in total. The van der Waals surface area contributed by atoms with Crippen LogP contribution in [0.1, 0.15) is 26.2 Å². The maximum atomic E-state index is 5.82. The van der Waals surface area contributed by atoms with E-state index in [1.165, 1.54) is 19.3 Å². The summed E-state index contributed by atoms with van der Waals surface area (Å²) in [5.41, 5.74) is 0. The lowest BCUT2D eigenvalue weighted by atomic mass is 10.1. The standard InChI is InChI=1S/C17H28N2O2/c1-3-20-16-6-8-17(9-7-16)21-14-13-19(2)15-5-4-11-18-12-10-15/h6-9,15,18H,3-5,10-14H2,1-2H3. The molecule has 0 radical (unpaired) electrons. The second-order valence-corrected chi connectivity index (χ2v) is 5.57. The first-order valence-corrected chi connectivity index (χ1v) is 8.06. The number of hydrogen-bond donors (Lipinski definition) is 1. The molecule has 1 N–H and O–H groups in total. The molecule has 1 aromatic carbocycles. The lowest BCUT2D eigenvalue weighted by Gasteiger charge is -2.26. The summed E-state index contributed by atoms with van der Waals surface area (Å²) in [4.78, 5) is 2.43. The third kappa shape index (κ3) is 5.56. The van der Waals surface area contributed by atoms with E-state index in [1.54, 1.807) is 0 Å². The van der Waals surface area contributed by atoms with Gasteiger partial charge in [-0.05, 0) is 70.6 Å². The van der Waals surface area contributed by atoms with Gasteiger partial charge in [0.2, 0.25) is 0 Å². The Morgan fingerprint density at radius 1 is 1.10 bits per heavy atom. The van der Waals surface area contributed by atoms with Gasteiger partial charge < -0.3 is 14.8 Å². The van der Waals surface area contributed by atoms with E-state index in [-0.39, 0.29) is 0 Å². The first-order valence-electron chi connectivity index (χ1n) is 8.06. The minimum absolute atomic E-state index is 0.684. The Morgan fingerprint density at radius 3 is 2.52 bits per heavy atom. The number of hydrogen-bond acceptors (Lipinski definition) is 4. The molecule has 0 aliphatic carbocycles. The Kier molecular flexibility index (Phi) is 6.83. The molecule has 1 fully saturated rings. The van der Waals surface area contributed by atoms with E-state index in [4.69, 9.17) is 9.47 Å². The highest BCUT2D eigenvalue weighted by molar-refractivity contribution is 5.31. The summed E-state index contributed by atoms with van der Waals surface area (Å²) in [6.45, 7) is 6.68. The summed E-state index contributed by atoms with van der Waals surface area (Å²) in [5, 5.41) is 3.46. The summed E-state index contributed by atoms with van der Waals surface area (Å²) < 4.78 is 11.2. The van der Waals surface area contributed by atoms with Crippen LogP contribution in [0.4, 0.5) is 0 Å². The molecule has 1 unspecified atom stereocenters. The van der Waals surface area contributed by atoms with Crippen LogP contribution in [0.5, 0.6) is 11.5 Å². The predicted octanol–water partition coefficient (Wildman–Crippen LogP) is 2.54. The highest BCUT2D eigenvalue weighted by Crippen LogP contribution is 2.17. The Bertz CT molecular complexity index is 386. The number of rotatable bonds is 7. The second kappa shape index (κ2) is 8.90. The molecule has 0 aromatic heterocycles. The average molecular weight is 292 g/mol. The van der Waals surface area contributed by atoms with Crippen molar-refractivity contribution in [3.63, 3.8) is 0 Å². The molecule has 1 aliphatic rings. The Labute approximate surface area is 128 Å². The Balaban J connectivity index is 1.70. The zero-order chi connectivity index (χ0) is 14.9. The van der Waals surface area contributed by atoms with Crippen molar-refractivity contribution in [2.24, 2.45) is 0 Å². The maximum Gasteiger partial charge on any atom is 0.119 e. The molecule has 1 heterocycles. The highest BCUT2D eigenvalue weighted by Gasteiger charge is 2.16. The van der Waals surface area contributed by atoms with Gasteiger partial charge >= 0.3 is 0 Å². The van der Waals surface area contributed by atoms with Gasteiger partial charge in [0, 0.05) is 12.6 Å². The number of nitrogens with one attached hydrogen (secondary N) is 1. The number of benzene rings is 1. The van der Waals surface area contributed by atoms with Crippen LogP contribution in [0.15, 0.2) is 24.3 Å². The van der Waals surface area contributed by atoms with Crippen molar-refractivity contribution in [2.75, 3.05) is 39.9 Å². The van der Waals surface area contributed by atoms with Crippen LogP contribution >= 0.6 is 0 Å². The first-order chi connectivity index (χ1) is 10.3. The summed E-state index contributed by atoms with van der Waals surface area (Å²) in [5.74, 6) is 1.81. The van der Waals surface area contributed by atoms with Gasteiger partial charge in [-0.25, -0.2) is 0 Å². The van der Waals surface area contributed by atoms with Crippen molar-refractivity contribution >= 4 is 0 Å².